The molecule has 0 amide bonds. The lowest BCUT2D eigenvalue weighted by molar-refractivity contribution is 0.279. The van der Waals surface area contributed by atoms with Crippen molar-refractivity contribution in [2.24, 2.45) is 0 Å². The first-order valence-corrected chi connectivity index (χ1v) is 9.18. The van der Waals surface area contributed by atoms with Crippen LogP contribution in [0.4, 0.5) is 0 Å². The van der Waals surface area contributed by atoms with Gasteiger partial charge in [0, 0.05) is 23.7 Å². The molecule has 22 heavy (non-hydrogen) atoms. The molecule has 2 N–H and O–H groups in total. The summed E-state index contributed by atoms with van der Waals surface area (Å²) in [6.45, 7) is -0.370. The van der Waals surface area contributed by atoms with Crippen molar-refractivity contribution in [1.82, 2.24) is 14.5 Å². The fraction of sp³-hybridized carbons (Fsp3) is 0.417. The lowest BCUT2D eigenvalue weighted by atomic mass is 10.2. The summed E-state index contributed by atoms with van der Waals surface area (Å²) < 4.78 is 31.7. The first kappa shape index (κ1) is 16.9. The Labute approximate surface area is 131 Å². The predicted molar refractivity (Wildman–Crippen MR) is 82.5 cm³/mol. The molecule has 0 spiro atoms. The molecule has 0 aliphatic carbocycles. The summed E-state index contributed by atoms with van der Waals surface area (Å²) in [5.74, 6) is -0.454. The van der Waals surface area contributed by atoms with E-state index in [-0.39, 0.29) is 18.5 Å². The van der Waals surface area contributed by atoms with E-state index in [1.54, 1.807) is 12.5 Å². The van der Waals surface area contributed by atoms with Crippen molar-refractivity contribution in [1.29, 1.82) is 0 Å². The second-order valence-electron chi connectivity index (χ2n) is 4.56. The Morgan fingerprint density at radius 2 is 2.14 bits per heavy atom. The highest BCUT2D eigenvalue weighted by molar-refractivity contribution is 7.98. The molecule has 0 saturated heterocycles. The van der Waals surface area contributed by atoms with Crippen molar-refractivity contribution >= 4 is 32.9 Å². The van der Waals surface area contributed by atoms with Gasteiger partial charge in [0.25, 0.3) is 15.7 Å². The highest BCUT2D eigenvalue weighted by atomic mass is 32.2. The monoisotopic (exact) mass is 345 g/mol. The van der Waals surface area contributed by atoms with Gasteiger partial charge in [0.15, 0.2) is 5.16 Å². The molecule has 0 saturated carbocycles. The number of aliphatic hydroxyl groups excluding tert-OH is 1. The predicted octanol–water partition coefficient (Wildman–Crippen LogP) is 0.284. The smallest absolute Gasteiger partial charge is 0.264 e. The SMILES string of the molecule is CSc1ncc2cc(CO)c(=O)n(CCCS(=O)(=O)O)c2n1. The second kappa shape index (κ2) is 6.73. The van der Waals surface area contributed by atoms with Gasteiger partial charge in [0.05, 0.1) is 12.4 Å². The third kappa shape index (κ3) is 3.83. The lowest BCUT2D eigenvalue weighted by Crippen LogP contribution is -2.26. The fourth-order valence-corrected chi connectivity index (χ4v) is 2.86. The molecule has 10 heteroatoms. The molecular weight excluding hydrogens is 330 g/mol. The number of pyridine rings is 1. The van der Waals surface area contributed by atoms with Gasteiger partial charge in [0.2, 0.25) is 0 Å². The van der Waals surface area contributed by atoms with Crippen LogP contribution in [0, 0.1) is 0 Å². The molecule has 0 aliphatic heterocycles. The van der Waals surface area contributed by atoms with Crippen molar-refractivity contribution in [3.05, 3.63) is 28.2 Å². The molecule has 2 aromatic rings. The Hall–Kier alpha value is -1.49. The van der Waals surface area contributed by atoms with Crippen LogP contribution < -0.4 is 5.56 Å². The minimum atomic E-state index is -4.09. The molecule has 2 rings (SSSR count). The lowest BCUT2D eigenvalue weighted by Gasteiger charge is -2.11. The number of rotatable bonds is 6. The van der Waals surface area contributed by atoms with Crippen LogP contribution in [0.5, 0.6) is 0 Å². The quantitative estimate of drug-likeness (QED) is 0.435. The van der Waals surface area contributed by atoms with E-state index in [1.807, 2.05) is 0 Å². The van der Waals surface area contributed by atoms with Gasteiger partial charge in [-0.3, -0.25) is 13.9 Å². The number of hydrogen-bond donors (Lipinski definition) is 2. The molecule has 0 aliphatic rings. The molecule has 2 aromatic heterocycles. The zero-order valence-electron chi connectivity index (χ0n) is 11.8. The van der Waals surface area contributed by atoms with Gasteiger partial charge in [-0.25, -0.2) is 9.97 Å². The molecule has 0 unspecified atom stereocenters. The van der Waals surface area contributed by atoms with E-state index in [1.165, 1.54) is 22.4 Å². The van der Waals surface area contributed by atoms with E-state index in [2.05, 4.69) is 9.97 Å². The summed E-state index contributed by atoms with van der Waals surface area (Å²) in [5.41, 5.74) is 0.118. The number of aliphatic hydroxyl groups is 1. The molecular formula is C12H15N3O5S2. The molecule has 0 radical (unpaired) electrons. The van der Waals surface area contributed by atoms with Crippen molar-refractivity contribution < 1.29 is 18.1 Å². The van der Waals surface area contributed by atoms with Crippen LogP contribution in [0.2, 0.25) is 0 Å². The molecule has 0 atom stereocenters. The standard InChI is InChI=1S/C12H15N3O5S2/c1-21-12-13-6-8-5-9(7-16)11(17)15(10(8)14-12)3-2-4-22(18,19)20/h5-6,16H,2-4,7H2,1H3,(H,18,19,20). The van der Waals surface area contributed by atoms with Crippen molar-refractivity contribution in [3.63, 3.8) is 0 Å². The van der Waals surface area contributed by atoms with Crippen LogP contribution in [0.3, 0.4) is 0 Å². The number of nitrogens with zero attached hydrogens (tertiary/aromatic N) is 3. The molecule has 0 bridgehead atoms. The third-order valence-electron chi connectivity index (χ3n) is 3.02. The molecule has 0 aromatic carbocycles. The van der Waals surface area contributed by atoms with E-state index < -0.39 is 28.0 Å². The number of aromatic nitrogens is 3. The third-order valence-corrected chi connectivity index (χ3v) is 4.38. The summed E-state index contributed by atoms with van der Waals surface area (Å²) >= 11 is 1.31. The Kier molecular flexibility index (Phi) is 5.16. The van der Waals surface area contributed by atoms with E-state index in [0.29, 0.717) is 16.2 Å². The maximum Gasteiger partial charge on any atom is 0.264 e. The van der Waals surface area contributed by atoms with Crippen LogP contribution in [-0.4, -0.2) is 44.6 Å². The minimum Gasteiger partial charge on any atom is -0.391 e. The average molecular weight is 345 g/mol. The van der Waals surface area contributed by atoms with Gasteiger partial charge in [-0.05, 0) is 18.7 Å². The van der Waals surface area contributed by atoms with Gasteiger partial charge < -0.3 is 5.11 Å². The first-order chi connectivity index (χ1) is 10.4. The highest BCUT2D eigenvalue weighted by Crippen LogP contribution is 2.15. The summed E-state index contributed by atoms with van der Waals surface area (Å²) in [6, 6.07) is 1.51. The zero-order valence-corrected chi connectivity index (χ0v) is 13.4. The van der Waals surface area contributed by atoms with Gasteiger partial charge in [-0.15, -0.1) is 0 Å². The van der Waals surface area contributed by atoms with Gasteiger partial charge in [-0.2, -0.15) is 8.42 Å². The second-order valence-corrected chi connectivity index (χ2v) is 6.91. The van der Waals surface area contributed by atoms with Crippen molar-refractivity contribution in [2.75, 3.05) is 12.0 Å². The number of thioether (sulfide) groups is 1. The van der Waals surface area contributed by atoms with E-state index in [9.17, 15) is 18.3 Å². The summed E-state index contributed by atoms with van der Waals surface area (Å²) in [7, 11) is -4.09. The summed E-state index contributed by atoms with van der Waals surface area (Å²) in [5, 5.41) is 10.3. The number of fused-ring (bicyclic) bond motifs is 1. The molecule has 8 nitrogen and oxygen atoms in total. The van der Waals surface area contributed by atoms with Crippen LogP contribution >= 0.6 is 11.8 Å². The Balaban J connectivity index is 2.52. The van der Waals surface area contributed by atoms with Crippen LogP contribution in [0.15, 0.2) is 22.2 Å². The van der Waals surface area contributed by atoms with Gasteiger partial charge in [0.1, 0.15) is 5.65 Å². The maximum atomic E-state index is 12.3. The van der Waals surface area contributed by atoms with E-state index in [0.717, 1.165) is 0 Å². The van der Waals surface area contributed by atoms with Crippen LogP contribution in [-0.2, 0) is 23.3 Å². The number of hydrogen-bond acceptors (Lipinski definition) is 7. The van der Waals surface area contributed by atoms with E-state index in [4.69, 9.17) is 4.55 Å². The maximum absolute atomic E-state index is 12.3. The van der Waals surface area contributed by atoms with E-state index >= 15 is 0 Å². The van der Waals surface area contributed by atoms with Crippen molar-refractivity contribution in [2.45, 2.75) is 24.7 Å². The highest BCUT2D eigenvalue weighted by Gasteiger charge is 2.12. The topological polar surface area (TPSA) is 122 Å². The zero-order chi connectivity index (χ0) is 16.3. The van der Waals surface area contributed by atoms with Gasteiger partial charge >= 0.3 is 0 Å². The van der Waals surface area contributed by atoms with Crippen LogP contribution in [0.25, 0.3) is 11.0 Å². The number of aryl methyl sites for hydroxylation is 1. The summed E-state index contributed by atoms with van der Waals surface area (Å²) in [4.78, 5) is 20.7. The first-order valence-electron chi connectivity index (χ1n) is 6.35. The fourth-order valence-electron chi connectivity index (χ4n) is 2.03. The Bertz CT molecular complexity index is 848. The molecule has 120 valence electrons. The van der Waals surface area contributed by atoms with Crippen molar-refractivity contribution in [3.8, 4) is 0 Å². The van der Waals surface area contributed by atoms with Gasteiger partial charge in [-0.1, -0.05) is 11.8 Å². The largest absolute Gasteiger partial charge is 0.391 e. The Morgan fingerprint density at radius 3 is 2.73 bits per heavy atom. The molecule has 2 heterocycles. The normalized spacial score (nSPS) is 12.0. The Morgan fingerprint density at radius 1 is 1.41 bits per heavy atom. The molecule has 0 fully saturated rings. The average Bonchev–Trinajstić information content (AvgIpc) is 2.47. The summed E-state index contributed by atoms with van der Waals surface area (Å²) in [6.07, 6.45) is 3.40. The van der Waals surface area contributed by atoms with Crippen LogP contribution in [0.1, 0.15) is 12.0 Å². The minimum absolute atomic E-state index is 0.0569.